The van der Waals surface area contributed by atoms with Gasteiger partial charge in [0.1, 0.15) is 0 Å². The summed E-state index contributed by atoms with van der Waals surface area (Å²) < 4.78 is 10.5. The van der Waals surface area contributed by atoms with Crippen molar-refractivity contribution >= 4 is 11.9 Å². The quantitative estimate of drug-likeness (QED) is 0.822. The maximum Gasteiger partial charge on any atom is 0.338 e. The number of carbonyl (C=O) groups excluding carboxylic acids is 2. The van der Waals surface area contributed by atoms with Crippen molar-refractivity contribution < 1.29 is 19.1 Å². The first-order chi connectivity index (χ1) is 12.2. The molecule has 0 aliphatic carbocycles. The topological polar surface area (TPSA) is 64.6 Å². The van der Waals surface area contributed by atoms with Gasteiger partial charge in [-0.2, -0.15) is 0 Å². The van der Waals surface area contributed by atoms with Crippen LogP contribution in [0.25, 0.3) is 11.1 Å². The zero-order chi connectivity index (χ0) is 17.5. The Morgan fingerprint density at radius 2 is 1.76 bits per heavy atom. The van der Waals surface area contributed by atoms with Crippen LogP contribution in [0, 0.1) is 0 Å². The van der Waals surface area contributed by atoms with Gasteiger partial charge < -0.3 is 14.8 Å². The molecule has 3 rings (SSSR count). The second kappa shape index (κ2) is 8.44. The second-order valence-corrected chi connectivity index (χ2v) is 5.96. The molecule has 0 spiro atoms. The predicted molar refractivity (Wildman–Crippen MR) is 94.1 cm³/mol. The van der Waals surface area contributed by atoms with Gasteiger partial charge in [0.25, 0.3) is 5.91 Å². The van der Waals surface area contributed by atoms with E-state index in [0.29, 0.717) is 12.1 Å². The first kappa shape index (κ1) is 17.2. The first-order valence-electron chi connectivity index (χ1n) is 8.43. The lowest BCUT2D eigenvalue weighted by Crippen LogP contribution is -2.34. The minimum Gasteiger partial charge on any atom is -0.452 e. The fourth-order valence-electron chi connectivity index (χ4n) is 2.73. The standard InChI is InChI=1S/C20H21NO4/c22-19(21-13-18-7-4-12-24-18)14-25-20(23)17-10-8-16(9-11-17)15-5-2-1-3-6-15/h1-3,5-6,8-11,18H,4,7,12-14H2,(H,21,22)/t18-/m0/s1. The summed E-state index contributed by atoms with van der Waals surface area (Å²) in [6.07, 6.45) is 2.05. The summed E-state index contributed by atoms with van der Waals surface area (Å²) in [4.78, 5) is 23.8. The van der Waals surface area contributed by atoms with Crippen molar-refractivity contribution in [1.82, 2.24) is 5.32 Å². The van der Waals surface area contributed by atoms with Crippen LogP contribution in [0.4, 0.5) is 0 Å². The molecule has 5 heteroatoms. The van der Waals surface area contributed by atoms with Gasteiger partial charge in [-0.25, -0.2) is 4.79 Å². The molecule has 25 heavy (non-hydrogen) atoms. The predicted octanol–water partition coefficient (Wildman–Crippen LogP) is 2.81. The molecule has 5 nitrogen and oxygen atoms in total. The molecule has 1 aliphatic rings. The molecule has 130 valence electrons. The molecular weight excluding hydrogens is 318 g/mol. The van der Waals surface area contributed by atoms with Crippen LogP contribution in [0.3, 0.4) is 0 Å². The van der Waals surface area contributed by atoms with Crippen molar-refractivity contribution in [2.24, 2.45) is 0 Å². The Labute approximate surface area is 147 Å². The van der Waals surface area contributed by atoms with Crippen molar-refractivity contribution in [3.8, 4) is 11.1 Å². The number of nitrogens with one attached hydrogen (secondary N) is 1. The number of amides is 1. The van der Waals surface area contributed by atoms with Gasteiger partial charge in [-0.05, 0) is 36.1 Å². The van der Waals surface area contributed by atoms with Gasteiger partial charge in [-0.3, -0.25) is 4.79 Å². The molecule has 1 amide bonds. The van der Waals surface area contributed by atoms with Crippen molar-refractivity contribution in [3.63, 3.8) is 0 Å². The average molecular weight is 339 g/mol. The van der Waals surface area contributed by atoms with E-state index in [9.17, 15) is 9.59 Å². The summed E-state index contributed by atoms with van der Waals surface area (Å²) >= 11 is 0. The van der Waals surface area contributed by atoms with Gasteiger partial charge in [0.2, 0.25) is 0 Å². The van der Waals surface area contributed by atoms with Gasteiger partial charge in [0, 0.05) is 13.2 Å². The lowest BCUT2D eigenvalue weighted by atomic mass is 10.0. The Hall–Kier alpha value is -2.66. The molecule has 2 aromatic carbocycles. The molecule has 0 aromatic heterocycles. The number of benzene rings is 2. The molecule has 1 fully saturated rings. The van der Waals surface area contributed by atoms with Crippen LogP contribution in [0.2, 0.25) is 0 Å². The van der Waals surface area contributed by atoms with Gasteiger partial charge in [0.05, 0.1) is 11.7 Å². The molecule has 1 heterocycles. The monoisotopic (exact) mass is 339 g/mol. The molecule has 0 bridgehead atoms. The van der Waals surface area contributed by atoms with Gasteiger partial charge in [-0.1, -0.05) is 42.5 Å². The third-order valence-corrected chi connectivity index (χ3v) is 4.11. The maximum atomic E-state index is 12.0. The number of ether oxygens (including phenoxy) is 2. The maximum absolute atomic E-state index is 12.0. The van der Waals surface area contributed by atoms with Gasteiger partial charge in [0.15, 0.2) is 6.61 Å². The highest BCUT2D eigenvalue weighted by Gasteiger charge is 2.17. The van der Waals surface area contributed by atoms with E-state index in [1.165, 1.54) is 0 Å². The molecule has 1 atom stereocenters. The molecule has 2 aromatic rings. The summed E-state index contributed by atoms with van der Waals surface area (Å²) in [5.41, 5.74) is 2.52. The molecule has 0 saturated carbocycles. The zero-order valence-electron chi connectivity index (χ0n) is 13.9. The number of hydrogen-bond donors (Lipinski definition) is 1. The summed E-state index contributed by atoms with van der Waals surface area (Å²) in [6, 6.07) is 17.0. The first-order valence-corrected chi connectivity index (χ1v) is 8.43. The Morgan fingerprint density at radius 1 is 1.04 bits per heavy atom. The zero-order valence-corrected chi connectivity index (χ0v) is 13.9. The number of esters is 1. The highest BCUT2D eigenvalue weighted by atomic mass is 16.5. The highest BCUT2D eigenvalue weighted by Crippen LogP contribution is 2.19. The Balaban J connectivity index is 1.47. The van der Waals surface area contributed by atoms with Crippen LogP contribution in [-0.4, -0.2) is 37.7 Å². The molecule has 1 saturated heterocycles. The summed E-state index contributed by atoms with van der Waals surface area (Å²) in [5.74, 6) is -0.823. The second-order valence-electron chi connectivity index (χ2n) is 5.96. The fraction of sp³-hybridized carbons (Fsp3) is 0.300. The van der Waals surface area contributed by atoms with Gasteiger partial charge >= 0.3 is 5.97 Å². The SMILES string of the molecule is O=C(COC(=O)c1ccc(-c2ccccc2)cc1)NC[C@@H]1CCCO1. The van der Waals surface area contributed by atoms with Crippen LogP contribution in [0.15, 0.2) is 54.6 Å². The van der Waals surface area contributed by atoms with Crippen LogP contribution >= 0.6 is 0 Å². The lowest BCUT2D eigenvalue weighted by Gasteiger charge is -2.11. The fourth-order valence-corrected chi connectivity index (χ4v) is 2.73. The minimum atomic E-state index is -0.508. The molecule has 1 aliphatic heterocycles. The Morgan fingerprint density at radius 3 is 2.44 bits per heavy atom. The Bertz CT molecular complexity index is 706. The largest absolute Gasteiger partial charge is 0.452 e. The molecule has 0 unspecified atom stereocenters. The third-order valence-electron chi connectivity index (χ3n) is 4.11. The van der Waals surface area contributed by atoms with Crippen molar-refractivity contribution in [2.75, 3.05) is 19.8 Å². The average Bonchev–Trinajstić information content (AvgIpc) is 3.19. The normalized spacial score (nSPS) is 16.4. The van der Waals surface area contributed by atoms with E-state index >= 15 is 0 Å². The summed E-state index contributed by atoms with van der Waals surface area (Å²) in [5, 5.41) is 2.72. The van der Waals surface area contributed by atoms with E-state index in [1.54, 1.807) is 12.1 Å². The van der Waals surface area contributed by atoms with Crippen LogP contribution in [-0.2, 0) is 14.3 Å². The van der Waals surface area contributed by atoms with E-state index in [-0.39, 0.29) is 18.6 Å². The van der Waals surface area contributed by atoms with E-state index in [4.69, 9.17) is 9.47 Å². The third kappa shape index (κ3) is 4.90. The van der Waals surface area contributed by atoms with E-state index < -0.39 is 5.97 Å². The van der Waals surface area contributed by atoms with Crippen LogP contribution < -0.4 is 5.32 Å². The summed E-state index contributed by atoms with van der Waals surface area (Å²) in [6.45, 7) is 0.919. The minimum absolute atomic E-state index is 0.0742. The molecular formula is C20H21NO4. The van der Waals surface area contributed by atoms with E-state index in [1.807, 2.05) is 42.5 Å². The van der Waals surface area contributed by atoms with Crippen molar-refractivity contribution in [2.45, 2.75) is 18.9 Å². The van der Waals surface area contributed by atoms with E-state index in [0.717, 1.165) is 30.6 Å². The van der Waals surface area contributed by atoms with Crippen LogP contribution in [0.5, 0.6) is 0 Å². The highest BCUT2D eigenvalue weighted by molar-refractivity contribution is 5.91. The smallest absolute Gasteiger partial charge is 0.338 e. The van der Waals surface area contributed by atoms with E-state index in [2.05, 4.69) is 5.32 Å². The van der Waals surface area contributed by atoms with Crippen molar-refractivity contribution in [1.29, 1.82) is 0 Å². The number of rotatable bonds is 6. The van der Waals surface area contributed by atoms with Gasteiger partial charge in [-0.15, -0.1) is 0 Å². The van der Waals surface area contributed by atoms with Crippen LogP contribution in [0.1, 0.15) is 23.2 Å². The Kier molecular flexibility index (Phi) is 5.80. The van der Waals surface area contributed by atoms with Crippen molar-refractivity contribution in [3.05, 3.63) is 60.2 Å². The number of hydrogen-bond acceptors (Lipinski definition) is 4. The number of carbonyl (C=O) groups is 2. The summed E-state index contributed by atoms with van der Waals surface area (Å²) in [7, 11) is 0. The lowest BCUT2D eigenvalue weighted by molar-refractivity contribution is -0.124. The molecule has 1 N–H and O–H groups in total. The molecule has 0 radical (unpaired) electrons.